The smallest absolute Gasteiger partial charge is 0.331 e. The van der Waals surface area contributed by atoms with E-state index in [9.17, 15) is 14.9 Å². The molecule has 0 aliphatic heterocycles. The second-order valence-corrected chi connectivity index (χ2v) is 7.84. The van der Waals surface area contributed by atoms with Gasteiger partial charge in [-0.2, -0.15) is 5.26 Å². The summed E-state index contributed by atoms with van der Waals surface area (Å²) in [5, 5.41) is 17.7. The third-order valence-electron chi connectivity index (χ3n) is 5.64. The molecule has 1 heterocycles. The van der Waals surface area contributed by atoms with E-state index >= 15 is 0 Å². The van der Waals surface area contributed by atoms with Crippen molar-refractivity contribution in [1.29, 1.82) is 5.26 Å². The van der Waals surface area contributed by atoms with Gasteiger partial charge in [-0.05, 0) is 31.4 Å². The molecule has 162 valence electrons. The van der Waals surface area contributed by atoms with Crippen molar-refractivity contribution in [3.63, 3.8) is 0 Å². The van der Waals surface area contributed by atoms with Crippen molar-refractivity contribution in [2.45, 2.75) is 57.2 Å². The Kier molecular flexibility index (Phi) is 7.19. The van der Waals surface area contributed by atoms with E-state index in [0.717, 1.165) is 24.8 Å². The summed E-state index contributed by atoms with van der Waals surface area (Å²) < 4.78 is 6.93. The summed E-state index contributed by atoms with van der Waals surface area (Å²) in [6, 6.07) is 12.1. The average Bonchev–Trinajstić information content (AvgIpc) is 3.25. The van der Waals surface area contributed by atoms with Crippen molar-refractivity contribution in [2.75, 3.05) is 7.05 Å². The zero-order valence-electron chi connectivity index (χ0n) is 17.9. The first-order valence-corrected chi connectivity index (χ1v) is 10.5. The molecule has 1 aromatic carbocycles. The van der Waals surface area contributed by atoms with Gasteiger partial charge in [0.05, 0.1) is 18.8 Å². The van der Waals surface area contributed by atoms with E-state index in [1.54, 1.807) is 17.9 Å². The maximum atomic E-state index is 12.7. The molecule has 1 atom stereocenters. The van der Waals surface area contributed by atoms with Crippen LogP contribution in [0.25, 0.3) is 6.08 Å². The first kappa shape index (κ1) is 22.2. The molecule has 0 N–H and O–H groups in total. The van der Waals surface area contributed by atoms with E-state index < -0.39 is 17.6 Å². The van der Waals surface area contributed by atoms with Crippen molar-refractivity contribution < 1.29 is 14.3 Å². The van der Waals surface area contributed by atoms with Gasteiger partial charge >= 0.3 is 5.97 Å². The molecule has 8 nitrogen and oxygen atoms in total. The fourth-order valence-corrected chi connectivity index (χ4v) is 3.80. The van der Waals surface area contributed by atoms with Gasteiger partial charge in [-0.25, -0.2) is 9.48 Å². The van der Waals surface area contributed by atoms with Gasteiger partial charge < -0.3 is 9.64 Å². The van der Waals surface area contributed by atoms with Crippen LogP contribution in [0.15, 0.2) is 42.6 Å². The molecule has 0 spiro atoms. The van der Waals surface area contributed by atoms with Crippen LogP contribution in [0.3, 0.4) is 0 Å². The molecule has 0 unspecified atom stereocenters. The summed E-state index contributed by atoms with van der Waals surface area (Å²) in [7, 11) is 1.61. The molecule has 0 bridgehead atoms. The minimum atomic E-state index is -0.983. The number of esters is 1. The molecule has 0 saturated heterocycles. The predicted octanol–water partition coefficient (Wildman–Crippen LogP) is 2.96. The Morgan fingerprint density at radius 3 is 2.68 bits per heavy atom. The second-order valence-electron chi connectivity index (χ2n) is 7.84. The Bertz CT molecular complexity index is 971. The lowest BCUT2D eigenvalue weighted by Crippen LogP contribution is -2.53. The van der Waals surface area contributed by atoms with Crippen molar-refractivity contribution in [3.8, 4) is 6.07 Å². The summed E-state index contributed by atoms with van der Waals surface area (Å²) in [6.45, 7) is 2.10. The van der Waals surface area contributed by atoms with Crippen molar-refractivity contribution in [3.05, 3.63) is 53.9 Å². The van der Waals surface area contributed by atoms with Crippen LogP contribution in [0, 0.1) is 11.3 Å². The molecule has 31 heavy (non-hydrogen) atoms. The average molecular weight is 422 g/mol. The first-order valence-electron chi connectivity index (χ1n) is 10.5. The van der Waals surface area contributed by atoms with Crippen molar-refractivity contribution >= 4 is 18.0 Å². The third kappa shape index (κ3) is 5.57. The van der Waals surface area contributed by atoms with E-state index in [-0.39, 0.29) is 5.91 Å². The summed E-state index contributed by atoms with van der Waals surface area (Å²) in [4.78, 5) is 26.4. The van der Waals surface area contributed by atoms with Crippen LogP contribution in [0.5, 0.6) is 0 Å². The van der Waals surface area contributed by atoms with E-state index in [0.29, 0.717) is 25.1 Å². The number of nitriles is 1. The molecule has 8 heteroatoms. The molecule has 1 amide bonds. The van der Waals surface area contributed by atoms with E-state index in [1.165, 1.54) is 24.0 Å². The number of nitrogens with zero attached hydrogens (tertiary/aromatic N) is 5. The minimum Gasteiger partial charge on any atom is -0.449 e. The Hall–Kier alpha value is -3.47. The number of carbonyl (C=O) groups is 2. The molecule has 0 radical (unpaired) electrons. The molecule has 1 fully saturated rings. The zero-order valence-corrected chi connectivity index (χ0v) is 17.9. The van der Waals surface area contributed by atoms with Gasteiger partial charge in [0.25, 0.3) is 5.91 Å². The van der Waals surface area contributed by atoms with Crippen LogP contribution in [-0.4, -0.2) is 50.5 Å². The molecule has 3 rings (SSSR count). The number of benzene rings is 1. The van der Waals surface area contributed by atoms with E-state index in [1.807, 2.05) is 30.3 Å². The highest BCUT2D eigenvalue weighted by Gasteiger charge is 2.40. The summed E-state index contributed by atoms with van der Waals surface area (Å²) in [5.41, 5.74) is 0.782. The lowest BCUT2D eigenvalue weighted by molar-refractivity contribution is -0.157. The normalized spacial score (nSPS) is 16.4. The number of rotatable bonds is 7. The Labute approximate surface area is 182 Å². The topological polar surface area (TPSA) is 101 Å². The number of ether oxygens (including phenoxy) is 1. The number of amides is 1. The zero-order chi connectivity index (χ0) is 22.3. The molecule has 1 aromatic heterocycles. The van der Waals surface area contributed by atoms with Gasteiger partial charge in [-0.15, -0.1) is 5.10 Å². The predicted molar refractivity (Wildman–Crippen MR) is 114 cm³/mol. The second kappa shape index (κ2) is 10.0. The number of likely N-dealkylation sites (N-methyl/N-ethyl adjacent to an activating group) is 1. The number of hydrogen-bond acceptors (Lipinski definition) is 6. The van der Waals surface area contributed by atoms with Crippen molar-refractivity contribution in [1.82, 2.24) is 19.9 Å². The molecule has 1 aliphatic rings. The first-order chi connectivity index (χ1) is 14.9. The highest BCUT2D eigenvalue weighted by Crippen LogP contribution is 2.32. The fraction of sp³-hybridized carbons (Fsp3) is 0.435. The van der Waals surface area contributed by atoms with Crippen LogP contribution < -0.4 is 0 Å². The molecular weight excluding hydrogens is 394 g/mol. The minimum absolute atomic E-state index is 0.376. The Morgan fingerprint density at radius 1 is 1.29 bits per heavy atom. The maximum Gasteiger partial charge on any atom is 0.331 e. The lowest BCUT2D eigenvalue weighted by atomic mass is 9.81. The van der Waals surface area contributed by atoms with E-state index in [4.69, 9.17) is 4.74 Å². The molecular formula is C23H27N5O3. The molecule has 1 aliphatic carbocycles. The van der Waals surface area contributed by atoms with Crippen LogP contribution >= 0.6 is 0 Å². The van der Waals surface area contributed by atoms with Gasteiger partial charge in [-0.3, -0.25) is 4.79 Å². The molecule has 1 saturated carbocycles. The monoisotopic (exact) mass is 421 g/mol. The highest BCUT2D eigenvalue weighted by molar-refractivity contribution is 5.90. The van der Waals surface area contributed by atoms with Gasteiger partial charge in [-0.1, -0.05) is 54.8 Å². The van der Waals surface area contributed by atoms with Crippen LogP contribution in [0.2, 0.25) is 0 Å². The number of carbonyl (C=O) groups excluding carboxylic acids is 2. The largest absolute Gasteiger partial charge is 0.449 e. The van der Waals surface area contributed by atoms with Crippen LogP contribution in [0.1, 0.15) is 50.3 Å². The maximum absolute atomic E-state index is 12.7. The Balaban J connectivity index is 1.54. The van der Waals surface area contributed by atoms with Gasteiger partial charge in [0.1, 0.15) is 11.2 Å². The van der Waals surface area contributed by atoms with Gasteiger partial charge in [0.15, 0.2) is 6.10 Å². The Morgan fingerprint density at radius 2 is 2.00 bits per heavy atom. The fourth-order valence-electron chi connectivity index (χ4n) is 3.80. The summed E-state index contributed by atoms with van der Waals surface area (Å²) in [5.74, 6) is -1.03. The van der Waals surface area contributed by atoms with Crippen LogP contribution in [-0.2, 0) is 20.9 Å². The highest BCUT2D eigenvalue weighted by atomic mass is 16.5. The van der Waals surface area contributed by atoms with Crippen molar-refractivity contribution in [2.24, 2.45) is 0 Å². The van der Waals surface area contributed by atoms with Gasteiger partial charge in [0.2, 0.25) is 0 Å². The quantitative estimate of drug-likeness (QED) is 0.503. The number of hydrogen-bond donors (Lipinski definition) is 0. The van der Waals surface area contributed by atoms with Gasteiger partial charge in [0, 0.05) is 13.1 Å². The van der Waals surface area contributed by atoms with E-state index in [2.05, 4.69) is 16.4 Å². The molecule has 2 aromatic rings. The number of aromatic nitrogens is 3. The summed E-state index contributed by atoms with van der Waals surface area (Å²) in [6.07, 6.45) is 7.63. The van der Waals surface area contributed by atoms with Crippen LogP contribution in [0.4, 0.5) is 0 Å². The SMILES string of the molecule is C[C@H](OC(=O)/C=C/c1cn(Cc2ccccc2)nn1)C(=O)N(C)C1(C#N)CCCCC1. The third-order valence-corrected chi connectivity index (χ3v) is 5.64. The lowest BCUT2D eigenvalue weighted by Gasteiger charge is -2.39. The summed E-state index contributed by atoms with van der Waals surface area (Å²) >= 11 is 0. The standard InChI is InChI=1S/C23H27N5O3/c1-18(22(30)27(2)23(17-24)13-7-4-8-14-23)31-21(29)12-11-20-16-28(26-25-20)15-19-9-5-3-6-10-19/h3,5-6,9-12,16,18H,4,7-8,13-15H2,1-2H3/b12-11+/t18-/m0/s1.